The Kier molecular flexibility index (Phi) is 4.45. The van der Waals surface area contributed by atoms with Crippen LogP contribution in [0.25, 0.3) is 11.2 Å². The molecule has 1 aliphatic rings. The molecule has 0 bridgehead atoms. The number of rotatable bonds is 5. The third kappa shape index (κ3) is 2.92. The Morgan fingerprint density at radius 1 is 1.43 bits per heavy atom. The normalized spacial score (nSPS) is 19.4. The summed E-state index contributed by atoms with van der Waals surface area (Å²) in [6.45, 7) is 3.98. The molecule has 1 atom stereocenters. The molecule has 3 rings (SSSR count). The lowest BCUT2D eigenvalue weighted by Crippen LogP contribution is -2.21. The van der Waals surface area contributed by atoms with Crippen LogP contribution in [0.3, 0.4) is 0 Å². The lowest BCUT2D eigenvalue weighted by atomic mass is 10.1. The summed E-state index contributed by atoms with van der Waals surface area (Å²) < 4.78 is 10.7. The number of nitrogens with zero attached hydrogens (tertiary/aromatic N) is 3. The van der Waals surface area contributed by atoms with Crippen LogP contribution in [0.15, 0.2) is 0 Å². The van der Waals surface area contributed by atoms with E-state index in [4.69, 9.17) is 17.0 Å². The van der Waals surface area contributed by atoms with E-state index in [0.717, 1.165) is 54.0 Å². The van der Waals surface area contributed by atoms with Crippen molar-refractivity contribution < 1.29 is 4.74 Å². The summed E-state index contributed by atoms with van der Waals surface area (Å²) in [7, 11) is 2.00. The zero-order valence-electron chi connectivity index (χ0n) is 12.9. The predicted molar refractivity (Wildman–Crippen MR) is 86.1 cm³/mol. The molecule has 1 aliphatic heterocycles. The van der Waals surface area contributed by atoms with E-state index in [0.29, 0.717) is 6.10 Å². The summed E-state index contributed by atoms with van der Waals surface area (Å²) >= 11 is 5.50. The highest BCUT2D eigenvalue weighted by molar-refractivity contribution is 7.71. The summed E-state index contributed by atoms with van der Waals surface area (Å²) in [6, 6.07) is 0. The Hall–Kier alpha value is -1.14. The summed E-state index contributed by atoms with van der Waals surface area (Å²) in [5.41, 5.74) is 3.34. The van der Waals surface area contributed by atoms with Gasteiger partial charge in [-0.25, -0.2) is 0 Å². The fraction of sp³-hybridized carbons (Fsp3) is 0.733. The Balaban J connectivity index is 1.84. The molecule has 0 saturated carbocycles. The van der Waals surface area contributed by atoms with Gasteiger partial charge in [-0.05, 0) is 44.3 Å². The third-order valence-electron chi connectivity index (χ3n) is 4.26. The lowest BCUT2D eigenvalue weighted by molar-refractivity contribution is 0.00888. The Bertz CT molecular complexity index is 663. The van der Waals surface area contributed by atoms with E-state index in [9.17, 15) is 0 Å². The molecular formula is C15H24N4OS. The Morgan fingerprint density at radius 3 is 3.00 bits per heavy atom. The molecule has 1 unspecified atom stereocenters. The molecule has 0 spiro atoms. The minimum absolute atomic E-state index is 0.383. The van der Waals surface area contributed by atoms with Crippen LogP contribution in [0.2, 0.25) is 0 Å². The van der Waals surface area contributed by atoms with Gasteiger partial charge >= 0.3 is 0 Å². The van der Waals surface area contributed by atoms with Crippen molar-refractivity contribution in [2.45, 2.75) is 58.1 Å². The molecule has 21 heavy (non-hydrogen) atoms. The highest BCUT2D eigenvalue weighted by atomic mass is 32.1. The standard InChI is InChI=1S/C15H24N4OS/c1-3-6-12-13-14(18(2)17-12)19(15(21)16-13)9-8-11-7-4-5-10-20-11/h11H,3-10H2,1-2H3,(H,16,21). The van der Waals surface area contributed by atoms with Gasteiger partial charge in [0.2, 0.25) is 0 Å². The molecule has 116 valence electrons. The summed E-state index contributed by atoms with van der Waals surface area (Å²) in [6.07, 6.45) is 7.14. The highest BCUT2D eigenvalue weighted by Crippen LogP contribution is 2.21. The molecule has 3 heterocycles. The van der Waals surface area contributed by atoms with Gasteiger partial charge < -0.3 is 14.3 Å². The molecule has 1 fully saturated rings. The van der Waals surface area contributed by atoms with Crippen molar-refractivity contribution in [1.82, 2.24) is 19.3 Å². The minimum atomic E-state index is 0.383. The van der Waals surface area contributed by atoms with Crippen molar-refractivity contribution in [3.63, 3.8) is 0 Å². The second-order valence-electron chi connectivity index (χ2n) is 5.88. The largest absolute Gasteiger partial charge is 0.378 e. The number of ether oxygens (including phenoxy) is 1. The third-order valence-corrected chi connectivity index (χ3v) is 4.58. The monoisotopic (exact) mass is 308 g/mol. The predicted octanol–water partition coefficient (Wildman–Crippen LogP) is 3.34. The van der Waals surface area contributed by atoms with Gasteiger partial charge in [-0.1, -0.05) is 13.3 Å². The molecule has 0 aliphatic carbocycles. The first kappa shape index (κ1) is 14.8. The minimum Gasteiger partial charge on any atom is -0.378 e. The summed E-state index contributed by atoms with van der Waals surface area (Å²) in [5, 5.41) is 4.62. The first-order valence-electron chi connectivity index (χ1n) is 7.96. The van der Waals surface area contributed by atoms with Crippen molar-refractivity contribution in [3.8, 4) is 0 Å². The van der Waals surface area contributed by atoms with Gasteiger partial charge in [-0.2, -0.15) is 5.10 Å². The van der Waals surface area contributed by atoms with E-state index in [1.54, 1.807) is 0 Å². The van der Waals surface area contributed by atoms with E-state index in [1.165, 1.54) is 19.3 Å². The molecule has 1 saturated heterocycles. The van der Waals surface area contributed by atoms with Gasteiger partial charge in [0.25, 0.3) is 0 Å². The average Bonchev–Trinajstić information content (AvgIpc) is 2.96. The molecule has 2 aromatic heterocycles. The number of hydrogen-bond acceptors (Lipinski definition) is 3. The number of hydrogen-bond donors (Lipinski definition) is 1. The lowest BCUT2D eigenvalue weighted by Gasteiger charge is -2.22. The Morgan fingerprint density at radius 2 is 2.29 bits per heavy atom. The van der Waals surface area contributed by atoms with Crippen LogP contribution in [0.5, 0.6) is 0 Å². The van der Waals surface area contributed by atoms with Gasteiger partial charge in [0.1, 0.15) is 5.52 Å². The van der Waals surface area contributed by atoms with E-state index >= 15 is 0 Å². The number of aryl methyl sites for hydroxylation is 3. The van der Waals surface area contributed by atoms with E-state index in [2.05, 4.69) is 21.6 Å². The average molecular weight is 308 g/mol. The van der Waals surface area contributed by atoms with Crippen molar-refractivity contribution in [3.05, 3.63) is 10.5 Å². The van der Waals surface area contributed by atoms with Crippen molar-refractivity contribution >= 4 is 23.4 Å². The quantitative estimate of drug-likeness (QED) is 0.862. The molecule has 0 amide bonds. The van der Waals surface area contributed by atoms with Crippen LogP contribution < -0.4 is 0 Å². The number of imidazole rings is 1. The fourth-order valence-electron chi connectivity index (χ4n) is 3.20. The van der Waals surface area contributed by atoms with Crippen LogP contribution in [-0.4, -0.2) is 32.0 Å². The molecule has 6 heteroatoms. The van der Waals surface area contributed by atoms with Gasteiger partial charge in [0.05, 0.1) is 11.8 Å². The van der Waals surface area contributed by atoms with Crippen LogP contribution >= 0.6 is 12.2 Å². The molecule has 1 N–H and O–H groups in total. The topological polar surface area (TPSA) is 47.8 Å². The second-order valence-corrected chi connectivity index (χ2v) is 6.26. The van der Waals surface area contributed by atoms with Crippen LogP contribution in [0.1, 0.15) is 44.7 Å². The SMILES string of the molecule is CCCc1nn(C)c2c1[nH]c(=S)n2CCC1CCCCO1. The maximum Gasteiger partial charge on any atom is 0.179 e. The number of aromatic nitrogens is 4. The maximum absolute atomic E-state index is 5.82. The van der Waals surface area contributed by atoms with Crippen LogP contribution in [0.4, 0.5) is 0 Å². The van der Waals surface area contributed by atoms with Crippen LogP contribution in [-0.2, 0) is 24.8 Å². The van der Waals surface area contributed by atoms with Gasteiger partial charge in [0, 0.05) is 20.2 Å². The summed E-state index contributed by atoms with van der Waals surface area (Å²) in [5.74, 6) is 0. The zero-order valence-corrected chi connectivity index (χ0v) is 13.7. The molecular weight excluding hydrogens is 284 g/mol. The summed E-state index contributed by atoms with van der Waals surface area (Å²) in [4.78, 5) is 3.34. The maximum atomic E-state index is 5.82. The zero-order chi connectivity index (χ0) is 14.8. The van der Waals surface area contributed by atoms with Crippen LogP contribution in [0, 0.1) is 4.77 Å². The Labute approximate surface area is 130 Å². The number of nitrogens with one attached hydrogen (secondary N) is 1. The van der Waals surface area contributed by atoms with Crippen molar-refractivity contribution in [2.24, 2.45) is 7.05 Å². The number of H-pyrrole nitrogens is 1. The van der Waals surface area contributed by atoms with Gasteiger partial charge in [-0.3, -0.25) is 4.68 Å². The van der Waals surface area contributed by atoms with Crippen molar-refractivity contribution in [1.29, 1.82) is 0 Å². The number of aromatic amines is 1. The number of fused-ring (bicyclic) bond motifs is 1. The van der Waals surface area contributed by atoms with Gasteiger partial charge in [0.15, 0.2) is 10.4 Å². The van der Waals surface area contributed by atoms with E-state index in [1.807, 2.05) is 11.7 Å². The van der Waals surface area contributed by atoms with Gasteiger partial charge in [-0.15, -0.1) is 0 Å². The van der Waals surface area contributed by atoms with E-state index in [-0.39, 0.29) is 0 Å². The molecule has 2 aromatic rings. The highest BCUT2D eigenvalue weighted by Gasteiger charge is 2.17. The molecule has 5 nitrogen and oxygen atoms in total. The smallest absolute Gasteiger partial charge is 0.179 e. The second kappa shape index (κ2) is 6.32. The van der Waals surface area contributed by atoms with Crippen molar-refractivity contribution in [2.75, 3.05) is 6.61 Å². The first-order chi connectivity index (χ1) is 10.2. The first-order valence-corrected chi connectivity index (χ1v) is 8.37. The van der Waals surface area contributed by atoms with E-state index < -0.39 is 0 Å². The fourth-order valence-corrected chi connectivity index (χ4v) is 3.48. The molecule has 0 radical (unpaired) electrons. The molecule has 0 aromatic carbocycles.